The topological polar surface area (TPSA) is 27.3 Å². The van der Waals surface area contributed by atoms with E-state index in [0.29, 0.717) is 6.04 Å². The first-order valence-electron chi connectivity index (χ1n) is 8.79. The Morgan fingerprint density at radius 2 is 1.83 bits per heavy atom. The van der Waals surface area contributed by atoms with Gasteiger partial charge >= 0.3 is 0 Å². The standard InChI is InChI=1S/C18H24ClN3S/c19-12-3-1-4-13(9-12)20-18(23)21-14-10-16-5-2-6-17(11-14)22(16)15-7-8-15/h1,3-4,9,14-17H,2,5-8,10-11H2,(H2,20,21,23)/t16-,17-/m1/s1. The van der Waals surface area contributed by atoms with Crippen LogP contribution in [0.1, 0.15) is 44.9 Å². The molecule has 5 heteroatoms. The molecule has 2 bridgehead atoms. The molecule has 2 atom stereocenters. The number of halogens is 1. The van der Waals surface area contributed by atoms with E-state index in [2.05, 4.69) is 15.5 Å². The van der Waals surface area contributed by atoms with Gasteiger partial charge in [-0.05, 0) is 68.9 Å². The smallest absolute Gasteiger partial charge is 0.170 e. The summed E-state index contributed by atoms with van der Waals surface area (Å²) >= 11 is 11.5. The van der Waals surface area contributed by atoms with E-state index >= 15 is 0 Å². The van der Waals surface area contributed by atoms with Crippen LogP contribution >= 0.6 is 23.8 Å². The quantitative estimate of drug-likeness (QED) is 0.801. The van der Waals surface area contributed by atoms with Crippen LogP contribution in [0.2, 0.25) is 5.02 Å². The number of thiocarbonyl (C=S) groups is 1. The van der Waals surface area contributed by atoms with Crippen LogP contribution in [-0.2, 0) is 0 Å². The van der Waals surface area contributed by atoms with Gasteiger partial charge in [0.15, 0.2) is 5.11 Å². The second-order valence-electron chi connectivity index (χ2n) is 7.19. The Morgan fingerprint density at radius 3 is 2.48 bits per heavy atom. The maximum absolute atomic E-state index is 6.03. The molecule has 23 heavy (non-hydrogen) atoms. The zero-order valence-corrected chi connectivity index (χ0v) is 14.9. The average molecular weight is 350 g/mol. The van der Waals surface area contributed by atoms with Crippen molar-refractivity contribution in [2.45, 2.75) is 69.1 Å². The molecule has 0 unspecified atom stereocenters. The van der Waals surface area contributed by atoms with Crippen molar-refractivity contribution in [3.8, 4) is 0 Å². The molecule has 3 aliphatic rings. The van der Waals surface area contributed by atoms with E-state index < -0.39 is 0 Å². The van der Waals surface area contributed by atoms with Crippen LogP contribution in [0.3, 0.4) is 0 Å². The molecule has 2 N–H and O–H groups in total. The molecule has 1 aromatic rings. The van der Waals surface area contributed by atoms with Gasteiger partial charge in [-0.2, -0.15) is 0 Å². The number of anilines is 1. The Labute approximate surface area is 148 Å². The molecule has 2 saturated heterocycles. The fourth-order valence-corrected chi connectivity index (χ4v) is 4.90. The van der Waals surface area contributed by atoms with Crippen molar-refractivity contribution >= 4 is 34.6 Å². The lowest BCUT2D eigenvalue weighted by molar-refractivity contribution is 0.0209. The van der Waals surface area contributed by atoms with E-state index in [4.69, 9.17) is 23.8 Å². The predicted molar refractivity (Wildman–Crippen MR) is 100 cm³/mol. The third-order valence-corrected chi connectivity index (χ3v) is 5.87. The molecule has 124 valence electrons. The van der Waals surface area contributed by atoms with E-state index in [9.17, 15) is 0 Å². The zero-order chi connectivity index (χ0) is 15.8. The monoisotopic (exact) mass is 349 g/mol. The zero-order valence-electron chi connectivity index (χ0n) is 13.3. The minimum Gasteiger partial charge on any atom is -0.360 e. The minimum atomic E-state index is 0.500. The third-order valence-electron chi connectivity index (χ3n) is 5.42. The van der Waals surface area contributed by atoms with Gasteiger partial charge in [0.2, 0.25) is 0 Å². The first-order chi connectivity index (χ1) is 11.2. The lowest BCUT2D eigenvalue weighted by Crippen LogP contribution is -2.57. The van der Waals surface area contributed by atoms with Crippen molar-refractivity contribution in [1.82, 2.24) is 10.2 Å². The van der Waals surface area contributed by atoms with E-state index in [0.717, 1.165) is 33.9 Å². The van der Waals surface area contributed by atoms with Crippen LogP contribution in [0.25, 0.3) is 0 Å². The number of nitrogens with zero attached hydrogens (tertiary/aromatic N) is 1. The van der Waals surface area contributed by atoms with Crippen LogP contribution in [0, 0.1) is 0 Å². The highest BCUT2D eigenvalue weighted by atomic mass is 35.5. The van der Waals surface area contributed by atoms with Gasteiger partial charge in [-0.15, -0.1) is 0 Å². The second kappa shape index (κ2) is 6.58. The molecule has 4 rings (SSSR count). The van der Waals surface area contributed by atoms with Gasteiger partial charge in [0, 0.05) is 34.9 Å². The SMILES string of the molecule is S=C(Nc1cccc(Cl)c1)NC1C[C@H]2CCC[C@H](C1)N2C1CC1. The number of hydrogen-bond acceptors (Lipinski definition) is 2. The summed E-state index contributed by atoms with van der Waals surface area (Å²) in [6, 6.07) is 10.6. The fraction of sp³-hybridized carbons (Fsp3) is 0.611. The summed E-state index contributed by atoms with van der Waals surface area (Å²) in [5.41, 5.74) is 0.950. The highest BCUT2D eigenvalue weighted by Gasteiger charge is 2.44. The van der Waals surface area contributed by atoms with Crippen molar-refractivity contribution in [3.63, 3.8) is 0 Å². The van der Waals surface area contributed by atoms with Crippen molar-refractivity contribution in [1.29, 1.82) is 0 Å². The van der Waals surface area contributed by atoms with Crippen molar-refractivity contribution in [3.05, 3.63) is 29.3 Å². The molecular formula is C18H24ClN3S. The lowest BCUT2D eigenvalue weighted by atomic mass is 9.81. The Bertz CT molecular complexity index is 575. The number of hydrogen-bond donors (Lipinski definition) is 2. The molecule has 1 saturated carbocycles. The van der Waals surface area contributed by atoms with Gasteiger partial charge in [-0.3, -0.25) is 4.90 Å². The van der Waals surface area contributed by atoms with Crippen LogP contribution in [-0.4, -0.2) is 34.2 Å². The molecule has 0 aromatic heterocycles. The number of rotatable bonds is 3. The van der Waals surface area contributed by atoms with E-state index in [-0.39, 0.29) is 0 Å². The summed E-state index contributed by atoms with van der Waals surface area (Å²) in [5, 5.41) is 8.25. The van der Waals surface area contributed by atoms with E-state index in [1.807, 2.05) is 24.3 Å². The van der Waals surface area contributed by atoms with E-state index in [1.54, 1.807) is 0 Å². The summed E-state index contributed by atoms with van der Waals surface area (Å²) < 4.78 is 0. The normalized spacial score (nSPS) is 30.7. The van der Waals surface area contributed by atoms with Crippen LogP contribution in [0.15, 0.2) is 24.3 Å². The van der Waals surface area contributed by atoms with Crippen LogP contribution < -0.4 is 10.6 Å². The Hall–Kier alpha value is -0.840. The number of piperidine rings is 2. The Balaban J connectivity index is 1.35. The van der Waals surface area contributed by atoms with Gasteiger partial charge < -0.3 is 10.6 Å². The summed E-state index contributed by atoms with van der Waals surface area (Å²) in [6.07, 6.45) is 9.41. The molecule has 3 nitrogen and oxygen atoms in total. The summed E-state index contributed by atoms with van der Waals surface area (Å²) in [7, 11) is 0. The largest absolute Gasteiger partial charge is 0.360 e. The van der Waals surface area contributed by atoms with Gasteiger partial charge in [-0.1, -0.05) is 24.1 Å². The van der Waals surface area contributed by atoms with Crippen molar-refractivity contribution in [2.75, 3.05) is 5.32 Å². The minimum absolute atomic E-state index is 0.500. The van der Waals surface area contributed by atoms with Gasteiger partial charge in [0.05, 0.1) is 0 Å². The summed E-state index contributed by atoms with van der Waals surface area (Å²) in [5.74, 6) is 0. The maximum atomic E-state index is 6.03. The molecule has 0 radical (unpaired) electrons. The molecule has 1 aromatic carbocycles. The first kappa shape index (κ1) is 15.7. The van der Waals surface area contributed by atoms with Gasteiger partial charge in [-0.25, -0.2) is 0 Å². The van der Waals surface area contributed by atoms with Crippen molar-refractivity contribution < 1.29 is 0 Å². The molecule has 1 aliphatic carbocycles. The van der Waals surface area contributed by atoms with Gasteiger partial charge in [0.25, 0.3) is 0 Å². The molecule has 2 aliphatic heterocycles. The average Bonchev–Trinajstić information content (AvgIpc) is 3.30. The lowest BCUT2D eigenvalue weighted by Gasteiger charge is -2.49. The van der Waals surface area contributed by atoms with Crippen LogP contribution in [0.5, 0.6) is 0 Å². The Morgan fingerprint density at radius 1 is 1.09 bits per heavy atom. The molecule has 2 heterocycles. The summed E-state index contributed by atoms with van der Waals surface area (Å²) in [6.45, 7) is 0. The maximum Gasteiger partial charge on any atom is 0.170 e. The number of nitrogens with one attached hydrogen (secondary N) is 2. The first-order valence-corrected chi connectivity index (χ1v) is 9.58. The molecule has 3 fully saturated rings. The summed E-state index contributed by atoms with van der Waals surface area (Å²) in [4.78, 5) is 2.84. The highest BCUT2D eigenvalue weighted by molar-refractivity contribution is 7.80. The third kappa shape index (κ3) is 3.65. The number of fused-ring (bicyclic) bond motifs is 2. The second-order valence-corrected chi connectivity index (χ2v) is 8.04. The fourth-order valence-electron chi connectivity index (χ4n) is 4.42. The predicted octanol–water partition coefficient (Wildman–Crippen LogP) is 4.17. The van der Waals surface area contributed by atoms with Crippen molar-refractivity contribution in [2.24, 2.45) is 0 Å². The van der Waals surface area contributed by atoms with E-state index in [1.165, 1.54) is 44.9 Å². The number of benzene rings is 1. The highest BCUT2D eigenvalue weighted by Crippen LogP contribution is 2.41. The molecular weight excluding hydrogens is 326 g/mol. The van der Waals surface area contributed by atoms with Crippen LogP contribution in [0.4, 0.5) is 5.69 Å². The molecule has 0 amide bonds. The molecule has 0 spiro atoms. The van der Waals surface area contributed by atoms with Gasteiger partial charge in [0.1, 0.15) is 0 Å². The Kier molecular flexibility index (Phi) is 4.48.